The van der Waals surface area contributed by atoms with Crippen molar-refractivity contribution in [1.29, 1.82) is 0 Å². The number of hydrogen-bond acceptors (Lipinski definition) is 2. The van der Waals surface area contributed by atoms with Gasteiger partial charge in [-0.05, 0) is 37.5 Å². The largest absolute Gasteiger partial charge is 0.324 e. The highest BCUT2D eigenvalue weighted by molar-refractivity contribution is 5.96. The molecular formula is C18H24N2O. The van der Waals surface area contributed by atoms with Gasteiger partial charge < -0.3 is 11.1 Å². The summed E-state index contributed by atoms with van der Waals surface area (Å²) >= 11 is 0. The third kappa shape index (κ3) is 3.86. The van der Waals surface area contributed by atoms with Crippen molar-refractivity contribution in [3.8, 4) is 11.8 Å². The lowest BCUT2D eigenvalue weighted by molar-refractivity contribution is -0.126. The van der Waals surface area contributed by atoms with Gasteiger partial charge in [0.15, 0.2) is 0 Å². The number of rotatable bonds is 2. The van der Waals surface area contributed by atoms with Crippen molar-refractivity contribution >= 4 is 11.6 Å². The van der Waals surface area contributed by atoms with Gasteiger partial charge in [0.1, 0.15) is 0 Å². The number of aryl methyl sites for hydroxylation is 1. The first-order valence-electron chi connectivity index (χ1n) is 7.66. The van der Waals surface area contributed by atoms with Crippen molar-refractivity contribution in [2.75, 3.05) is 11.9 Å². The van der Waals surface area contributed by atoms with Crippen LogP contribution in [0.3, 0.4) is 0 Å². The van der Waals surface area contributed by atoms with Gasteiger partial charge in [0, 0.05) is 11.0 Å². The minimum absolute atomic E-state index is 0.113. The van der Waals surface area contributed by atoms with E-state index < -0.39 is 0 Å². The van der Waals surface area contributed by atoms with Gasteiger partial charge in [0.25, 0.3) is 0 Å². The number of carbonyl (C=O) groups is 1. The van der Waals surface area contributed by atoms with E-state index in [0.29, 0.717) is 6.54 Å². The molecule has 0 unspecified atom stereocenters. The molecule has 3 N–H and O–H groups in total. The third-order valence-corrected chi connectivity index (χ3v) is 4.25. The number of amides is 1. The predicted molar refractivity (Wildman–Crippen MR) is 86.9 cm³/mol. The third-order valence-electron chi connectivity index (χ3n) is 4.25. The highest BCUT2D eigenvalue weighted by Crippen LogP contribution is 2.37. The quantitative estimate of drug-likeness (QED) is 0.819. The molecule has 0 atom stereocenters. The zero-order valence-corrected chi connectivity index (χ0v) is 13.0. The second-order valence-electron chi connectivity index (χ2n) is 6.13. The monoisotopic (exact) mass is 284 g/mol. The average molecular weight is 284 g/mol. The Morgan fingerprint density at radius 2 is 2.05 bits per heavy atom. The molecule has 1 aromatic carbocycles. The molecule has 3 heteroatoms. The fourth-order valence-corrected chi connectivity index (χ4v) is 2.85. The number of nitrogens with two attached hydrogens (primary N) is 1. The SMILES string of the molecule is Cc1ccc(NC(=O)C2(C)CCCCC2)c(C#CCN)c1. The van der Waals surface area contributed by atoms with Crippen LogP contribution in [0.25, 0.3) is 0 Å². The zero-order valence-electron chi connectivity index (χ0n) is 13.0. The number of hydrogen-bond donors (Lipinski definition) is 2. The highest BCUT2D eigenvalue weighted by Gasteiger charge is 2.34. The molecule has 1 aliphatic rings. The Kier molecular flexibility index (Phi) is 5.03. The highest BCUT2D eigenvalue weighted by atomic mass is 16.2. The van der Waals surface area contributed by atoms with Crippen molar-refractivity contribution in [2.45, 2.75) is 46.0 Å². The summed E-state index contributed by atoms with van der Waals surface area (Å²) in [6.07, 6.45) is 5.44. The summed E-state index contributed by atoms with van der Waals surface area (Å²) in [6.45, 7) is 4.40. The summed E-state index contributed by atoms with van der Waals surface area (Å²) in [6, 6.07) is 5.91. The predicted octanol–water partition coefficient (Wildman–Crippen LogP) is 3.21. The molecule has 0 aromatic heterocycles. The molecule has 2 rings (SSSR count). The van der Waals surface area contributed by atoms with Crippen LogP contribution >= 0.6 is 0 Å². The van der Waals surface area contributed by atoms with Crippen molar-refractivity contribution < 1.29 is 4.79 Å². The first kappa shape index (κ1) is 15.6. The molecule has 1 saturated carbocycles. The van der Waals surface area contributed by atoms with Crippen LogP contribution in [0.4, 0.5) is 5.69 Å². The van der Waals surface area contributed by atoms with Crippen LogP contribution in [0, 0.1) is 24.2 Å². The molecule has 0 radical (unpaired) electrons. The standard InChI is InChI=1S/C18H24N2O/c1-14-8-9-16(15(13-14)7-6-12-19)20-17(21)18(2)10-4-3-5-11-18/h8-9,13H,3-5,10-12,19H2,1-2H3,(H,20,21). The average Bonchev–Trinajstić information content (AvgIpc) is 2.48. The molecule has 1 amide bonds. The van der Waals surface area contributed by atoms with Crippen molar-refractivity contribution in [2.24, 2.45) is 11.1 Å². The molecule has 21 heavy (non-hydrogen) atoms. The second-order valence-corrected chi connectivity index (χ2v) is 6.13. The zero-order chi connectivity index (χ0) is 15.3. The van der Waals surface area contributed by atoms with Crippen LogP contribution < -0.4 is 11.1 Å². The smallest absolute Gasteiger partial charge is 0.230 e. The van der Waals surface area contributed by atoms with Crippen molar-refractivity contribution in [3.05, 3.63) is 29.3 Å². The van der Waals surface area contributed by atoms with Crippen LogP contribution in [0.15, 0.2) is 18.2 Å². The first-order chi connectivity index (χ1) is 10.0. The molecule has 1 aromatic rings. The van der Waals surface area contributed by atoms with Gasteiger partial charge in [0.2, 0.25) is 5.91 Å². The van der Waals surface area contributed by atoms with Crippen LogP contribution in [0.2, 0.25) is 0 Å². The Labute approximate surface area is 127 Å². The lowest BCUT2D eigenvalue weighted by atomic mass is 9.75. The molecule has 0 saturated heterocycles. The first-order valence-corrected chi connectivity index (χ1v) is 7.66. The summed E-state index contributed by atoms with van der Waals surface area (Å²) in [4.78, 5) is 12.6. The van der Waals surface area contributed by atoms with E-state index >= 15 is 0 Å². The molecule has 1 fully saturated rings. The fraction of sp³-hybridized carbons (Fsp3) is 0.500. The van der Waals surface area contributed by atoms with Gasteiger partial charge in [-0.3, -0.25) is 4.79 Å². The molecular weight excluding hydrogens is 260 g/mol. The van der Waals surface area contributed by atoms with Crippen molar-refractivity contribution in [1.82, 2.24) is 0 Å². The van der Waals surface area contributed by atoms with E-state index in [-0.39, 0.29) is 11.3 Å². The lowest BCUT2D eigenvalue weighted by Crippen LogP contribution is -2.35. The van der Waals surface area contributed by atoms with E-state index in [4.69, 9.17) is 5.73 Å². The maximum Gasteiger partial charge on any atom is 0.230 e. The summed E-state index contributed by atoms with van der Waals surface area (Å²) < 4.78 is 0. The Bertz CT molecular complexity index is 575. The normalized spacial score (nSPS) is 16.7. The van der Waals surface area contributed by atoms with E-state index in [9.17, 15) is 4.79 Å². The second kappa shape index (κ2) is 6.78. The molecule has 0 aliphatic heterocycles. The maximum atomic E-state index is 12.6. The molecule has 0 spiro atoms. The topological polar surface area (TPSA) is 55.1 Å². The Hall–Kier alpha value is -1.79. The van der Waals surface area contributed by atoms with Gasteiger partial charge in [-0.2, -0.15) is 0 Å². The van der Waals surface area contributed by atoms with Crippen LogP contribution in [0.1, 0.15) is 50.2 Å². The van der Waals surface area contributed by atoms with Crippen molar-refractivity contribution in [3.63, 3.8) is 0 Å². The van der Waals surface area contributed by atoms with Crippen LogP contribution in [-0.4, -0.2) is 12.5 Å². The van der Waals surface area contributed by atoms with Crippen LogP contribution in [0.5, 0.6) is 0 Å². The van der Waals surface area contributed by atoms with Gasteiger partial charge in [0.05, 0.1) is 12.2 Å². The van der Waals surface area contributed by atoms with E-state index in [1.165, 1.54) is 6.42 Å². The molecule has 0 bridgehead atoms. The van der Waals surface area contributed by atoms with Gasteiger partial charge in [-0.15, -0.1) is 0 Å². The minimum Gasteiger partial charge on any atom is -0.324 e. The van der Waals surface area contributed by atoms with Gasteiger partial charge in [-0.25, -0.2) is 0 Å². The van der Waals surface area contributed by atoms with Gasteiger partial charge >= 0.3 is 0 Å². The lowest BCUT2D eigenvalue weighted by Gasteiger charge is -2.32. The summed E-state index contributed by atoms with van der Waals surface area (Å²) in [5.41, 5.74) is 7.95. The van der Waals surface area contributed by atoms with E-state index in [1.807, 2.05) is 25.1 Å². The van der Waals surface area contributed by atoms with E-state index in [0.717, 1.165) is 42.5 Å². The molecule has 1 aliphatic carbocycles. The molecule has 0 heterocycles. The number of anilines is 1. The number of nitrogens with one attached hydrogen (secondary N) is 1. The van der Waals surface area contributed by atoms with Gasteiger partial charge in [-0.1, -0.05) is 44.1 Å². The van der Waals surface area contributed by atoms with E-state index in [1.54, 1.807) is 0 Å². The number of benzene rings is 1. The van der Waals surface area contributed by atoms with Crippen LogP contribution in [-0.2, 0) is 4.79 Å². The van der Waals surface area contributed by atoms with E-state index in [2.05, 4.69) is 24.1 Å². The number of carbonyl (C=O) groups excluding carboxylic acids is 1. The summed E-state index contributed by atoms with van der Waals surface area (Å²) in [7, 11) is 0. The fourth-order valence-electron chi connectivity index (χ4n) is 2.85. The molecule has 3 nitrogen and oxygen atoms in total. The molecule has 112 valence electrons. The summed E-state index contributed by atoms with van der Waals surface area (Å²) in [5, 5.41) is 3.07. The Morgan fingerprint density at radius 3 is 2.71 bits per heavy atom. The Balaban J connectivity index is 2.20. The maximum absolute atomic E-state index is 12.6. The minimum atomic E-state index is -0.248. The Morgan fingerprint density at radius 1 is 1.33 bits per heavy atom. The summed E-state index contributed by atoms with van der Waals surface area (Å²) in [5.74, 6) is 6.02.